The Balaban J connectivity index is 2.44. The maximum atomic E-state index is 12.5. The summed E-state index contributed by atoms with van der Waals surface area (Å²) in [5, 5.41) is 0.492. The Kier molecular flexibility index (Phi) is 6.39. The minimum atomic E-state index is -0.223. The molecule has 1 heterocycles. The molecule has 0 atom stereocenters. The maximum absolute atomic E-state index is 12.5. The quantitative estimate of drug-likeness (QED) is 0.628. The molecule has 1 amide bonds. The number of likely N-dealkylation sites (N-methyl/N-ethyl adjacent to an activating group) is 1. The molecule has 0 aromatic heterocycles. The molecule has 2 rings (SSSR count). The third kappa shape index (κ3) is 4.49. The van der Waals surface area contributed by atoms with Gasteiger partial charge in [-0.25, -0.2) is 4.99 Å². The van der Waals surface area contributed by atoms with Crippen molar-refractivity contribution in [1.29, 1.82) is 0 Å². The Morgan fingerprint density at radius 1 is 1.44 bits per heavy atom. The number of hydrogen-bond donors (Lipinski definition) is 1. The average Bonchev–Trinajstić information content (AvgIpc) is 2.59. The lowest BCUT2D eigenvalue weighted by atomic mass is 10.1. The van der Waals surface area contributed by atoms with Crippen molar-refractivity contribution in [3.8, 4) is 5.75 Å². The van der Waals surface area contributed by atoms with Crippen LogP contribution in [-0.4, -0.2) is 48.0 Å². The summed E-state index contributed by atoms with van der Waals surface area (Å²) >= 11 is 7.39. The minimum Gasteiger partial charge on any atom is -0.497 e. The SMILES string of the molecule is C=C(Cl)C1=C(N=C(N)SC)N(Cc2ccc(OC)cc2)CN(C)C1=O. The first-order chi connectivity index (χ1) is 11.9. The van der Waals surface area contributed by atoms with E-state index in [2.05, 4.69) is 11.6 Å². The third-order valence-electron chi connectivity index (χ3n) is 3.70. The predicted octanol–water partition coefficient (Wildman–Crippen LogP) is 2.57. The summed E-state index contributed by atoms with van der Waals surface area (Å²) in [4.78, 5) is 20.4. The Morgan fingerprint density at radius 2 is 2.08 bits per heavy atom. The zero-order valence-electron chi connectivity index (χ0n) is 14.5. The van der Waals surface area contributed by atoms with E-state index in [0.29, 0.717) is 24.2 Å². The number of nitrogens with two attached hydrogens (primary N) is 1. The van der Waals surface area contributed by atoms with E-state index >= 15 is 0 Å². The molecule has 0 saturated carbocycles. The average molecular weight is 381 g/mol. The smallest absolute Gasteiger partial charge is 0.260 e. The largest absolute Gasteiger partial charge is 0.497 e. The summed E-state index contributed by atoms with van der Waals surface area (Å²) in [6.45, 7) is 4.62. The second-order valence-corrected chi connectivity index (χ2v) is 6.73. The minimum absolute atomic E-state index is 0.143. The Bertz CT molecular complexity index is 731. The third-order valence-corrected chi connectivity index (χ3v) is 4.39. The van der Waals surface area contributed by atoms with Crippen molar-refractivity contribution in [2.75, 3.05) is 27.1 Å². The lowest BCUT2D eigenvalue weighted by Gasteiger charge is -2.36. The standard InChI is InChI=1S/C17H21ClN4O2S/c1-11(18)14-15(20-17(19)25-4)22(10-21(2)16(14)23)9-12-5-7-13(24-3)8-6-12/h5-8H,1,9-10H2,2-4H3,(H2,19,20). The van der Waals surface area contributed by atoms with Crippen molar-refractivity contribution < 1.29 is 9.53 Å². The van der Waals surface area contributed by atoms with E-state index < -0.39 is 0 Å². The lowest BCUT2D eigenvalue weighted by Crippen LogP contribution is -2.45. The van der Waals surface area contributed by atoms with Crippen molar-refractivity contribution in [3.05, 3.63) is 52.8 Å². The van der Waals surface area contributed by atoms with Crippen molar-refractivity contribution >= 4 is 34.4 Å². The number of amidine groups is 1. The Labute approximate surface area is 157 Å². The van der Waals surface area contributed by atoms with Gasteiger partial charge in [-0.1, -0.05) is 42.1 Å². The van der Waals surface area contributed by atoms with Gasteiger partial charge in [0.15, 0.2) is 5.17 Å². The molecule has 0 spiro atoms. The summed E-state index contributed by atoms with van der Waals surface area (Å²) in [6, 6.07) is 7.70. The van der Waals surface area contributed by atoms with Gasteiger partial charge in [0.25, 0.3) is 5.91 Å². The summed E-state index contributed by atoms with van der Waals surface area (Å²) in [6.07, 6.45) is 1.82. The van der Waals surface area contributed by atoms with Gasteiger partial charge in [-0.2, -0.15) is 0 Å². The molecule has 1 aliphatic heterocycles. The highest BCUT2D eigenvalue weighted by molar-refractivity contribution is 8.13. The molecule has 6 nitrogen and oxygen atoms in total. The van der Waals surface area contributed by atoms with E-state index in [-0.39, 0.29) is 16.5 Å². The van der Waals surface area contributed by atoms with Crippen LogP contribution in [-0.2, 0) is 11.3 Å². The number of carbonyl (C=O) groups is 1. The number of nitrogens with zero attached hydrogens (tertiary/aromatic N) is 3. The predicted molar refractivity (Wildman–Crippen MR) is 103 cm³/mol. The summed E-state index contributed by atoms with van der Waals surface area (Å²) in [5.41, 5.74) is 7.18. The van der Waals surface area contributed by atoms with E-state index in [9.17, 15) is 4.79 Å². The number of carbonyl (C=O) groups excluding carboxylic acids is 1. The Morgan fingerprint density at radius 3 is 2.60 bits per heavy atom. The van der Waals surface area contributed by atoms with Gasteiger partial charge in [-0.3, -0.25) is 4.79 Å². The highest BCUT2D eigenvalue weighted by Crippen LogP contribution is 2.29. The molecular weight excluding hydrogens is 360 g/mol. The van der Waals surface area contributed by atoms with Crippen LogP contribution < -0.4 is 10.5 Å². The van der Waals surface area contributed by atoms with Crippen LogP contribution in [0.15, 0.2) is 52.3 Å². The molecule has 1 aromatic carbocycles. The fraction of sp³-hybridized carbons (Fsp3) is 0.294. The molecule has 0 bridgehead atoms. The van der Waals surface area contributed by atoms with Crippen LogP contribution in [0.25, 0.3) is 0 Å². The molecule has 0 unspecified atom stereocenters. The zero-order valence-corrected chi connectivity index (χ0v) is 16.0. The number of ether oxygens (including phenoxy) is 1. The number of hydrogen-bond acceptors (Lipinski definition) is 5. The molecule has 0 radical (unpaired) electrons. The lowest BCUT2D eigenvalue weighted by molar-refractivity contribution is -0.128. The Hall–Kier alpha value is -2.12. The number of thioether (sulfide) groups is 1. The van der Waals surface area contributed by atoms with Crippen molar-refractivity contribution in [1.82, 2.24) is 9.80 Å². The van der Waals surface area contributed by atoms with Gasteiger partial charge >= 0.3 is 0 Å². The summed E-state index contributed by atoms with van der Waals surface area (Å²) < 4.78 is 5.18. The normalized spacial score (nSPS) is 15.7. The fourth-order valence-electron chi connectivity index (χ4n) is 2.42. The molecule has 1 aromatic rings. The first-order valence-corrected chi connectivity index (χ1v) is 9.08. The zero-order chi connectivity index (χ0) is 18.6. The van der Waals surface area contributed by atoms with Gasteiger partial charge in [0.05, 0.1) is 13.8 Å². The van der Waals surface area contributed by atoms with E-state index in [1.165, 1.54) is 11.8 Å². The van der Waals surface area contributed by atoms with Crippen LogP contribution in [0.2, 0.25) is 0 Å². The van der Waals surface area contributed by atoms with E-state index in [1.807, 2.05) is 35.4 Å². The molecule has 0 saturated heterocycles. The number of benzene rings is 1. The molecular formula is C17H21ClN4O2S. The van der Waals surface area contributed by atoms with Gasteiger partial charge in [0.1, 0.15) is 17.1 Å². The number of amides is 1. The second-order valence-electron chi connectivity index (χ2n) is 5.45. The topological polar surface area (TPSA) is 71.2 Å². The van der Waals surface area contributed by atoms with Crippen molar-refractivity contribution in [3.63, 3.8) is 0 Å². The van der Waals surface area contributed by atoms with Crippen LogP contribution in [0, 0.1) is 0 Å². The molecule has 0 aliphatic carbocycles. The van der Waals surface area contributed by atoms with Gasteiger partial charge in [-0.15, -0.1) is 0 Å². The molecule has 1 aliphatic rings. The van der Waals surface area contributed by atoms with E-state index in [1.54, 1.807) is 19.1 Å². The second kappa shape index (κ2) is 8.31. The number of aliphatic imine (C=N–C) groups is 1. The maximum Gasteiger partial charge on any atom is 0.260 e. The van der Waals surface area contributed by atoms with Crippen LogP contribution in [0.5, 0.6) is 5.75 Å². The molecule has 134 valence electrons. The first kappa shape index (κ1) is 19.2. The highest BCUT2D eigenvalue weighted by Gasteiger charge is 2.31. The molecule has 25 heavy (non-hydrogen) atoms. The van der Waals surface area contributed by atoms with Crippen LogP contribution in [0.1, 0.15) is 5.56 Å². The number of methoxy groups -OCH3 is 1. The number of halogens is 1. The first-order valence-electron chi connectivity index (χ1n) is 7.48. The van der Waals surface area contributed by atoms with Crippen LogP contribution in [0.3, 0.4) is 0 Å². The van der Waals surface area contributed by atoms with Gasteiger partial charge < -0.3 is 20.3 Å². The van der Waals surface area contributed by atoms with Gasteiger partial charge in [0.2, 0.25) is 0 Å². The summed E-state index contributed by atoms with van der Waals surface area (Å²) in [5.74, 6) is 0.995. The molecule has 0 fully saturated rings. The van der Waals surface area contributed by atoms with Crippen LogP contribution >= 0.6 is 23.4 Å². The highest BCUT2D eigenvalue weighted by atomic mass is 35.5. The number of rotatable bonds is 5. The molecule has 2 N–H and O–H groups in total. The summed E-state index contributed by atoms with van der Waals surface area (Å²) in [7, 11) is 3.33. The van der Waals surface area contributed by atoms with Crippen LogP contribution in [0.4, 0.5) is 0 Å². The fourth-order valence-corrected chi connectivity index (χ4v) is 2.77. The van der Waals surface area contributed by atoms with Crippen molar-refractivity contribution in [2.24, 2.45) is 10.7 Å². The van der Waals surface area contributed by atoms with E-state index in [4.69, 9.17) is 22.1 Å². The van der Waals surface area contributed by atoms with Gasteiger partial charge in [0, 0.05) is 18.6 Å². The van der Waals surface area contributed by atoms with Gasteiger partial charge in [-0.05, 0) is 24.0 Å². The van der Waals surface area contributed by atoms with Crippen molar-refractivity contribution in [2.45, 2.75) is 6.54 Å². The molecule has 8 heteroatoms. The monoisotopic (exact) mass is 380 g/mol. The van der Waals surface area contributed by atoms with E-state index in [0.717, 1.165) is 11.3 Å².